The highest BCUT2D eigenvalue weighted by Crippen LogP contribution is 2.39. The molecule has 12 aromatic rings. The zero-order valence-electron chi connectivity index (χ0n) is 30.3. The second-order valence-electron chi connectivity index (χ2n) is 14.6. The first-order chi connectivity index (χ1) is 27.7. The largest absolute Gasteiger partial charge is 0.309 e. The van der Waals surface area contributed by atoms with Crippen molar-refractivity contribution in [3.8, 4) is 33.9 Å². The molecule has 3 aromatic heterocycles. The fourth-order valence-corrected chi connectivity index (χ4v) is 8.83. The molecule has 0 aliphatic rings. The van der Waals surface area contributed by atoms with Crippen molar-refractivity contribution in [2.75, 3.05) is 0 Å². The van der Waals surface area contributed by atoms with Crippen LogP contribution in [0.2, 0.25) is 0 Å². The van der Waals surface area contributed by atoms with E-state index < -0.39 is 0 Å². The van der Waals surface area contributed by atoms with Crippen molar-refractivity contribution in [2.24, 2.45) is 0 Å². The first-order valence-electron chi connectivity index (χ1n) is 19.1. The summed E-state index contributed by atoms with van der Waals surface area (Å²) >= 11 is 0. The summed E-state index contributed by atoms with van der Waals surface area (Å²) in [6.45, 7) is 0. The van der Waals surface area contributed by atoms with Crippen LogP contribution in [0.1, 0.15) is 0 Å². The normalized spacial score (nSPS) is 11.9. The minimum Gasteiger partial charge on any atom is -0.309 e. The molecule has 0 fully saturated rings. The van der Waals surface area contributed by atoms with E-state index in [4.69, 9.17) is 9.97 Å². The van der Waals surface area contributed by atoms with E-state index >= 15 is 0 Å². The summed E-state index contributed by atoms with van der Waals surface area (Å²) in [7, 11) is 0. The van der Waals surface area contributed by atoms with Crippen LogP contribution in [-0.4, -0.2) is 19.1 Å². The number of rotatable bonds is 4. The van der Waals surface area contributed by atoms with Crippen LogP contribution < -0.4 is 0 Å². The summed E-state index contributed by atoms with van der Waals surface area (Å²) in [5.41, 5.74) is 12.7. The van der Waals surface area contributed by atoms with Crippen LogP contribution in [0.25, 0.3) is 110 Å². The molecule has 4 nitrogen and oxygen atoms in total. The predicted molar refractivity (Wildman–Crippen MR) is 234 cm³/mol. The van der Waals surface area contributed by atoms with Gasteiger partial charge < -0.3 is 9.13 Å². The van der Waals surface area contributed by atoms with E-state index in [2.05, 4.69) is 173 Å². The Morgan fingerprint density at radius 2 is 0.786 bits per heavy atom. The van der Waals surface area contributed by atoms with Gasteiger partial charge >= 0.3 is 0 Å². The van der Waals surface area contributed by atoms with Crippen LogP contribution in [0.15, 0.2) is 194 Å². The Morgan fingerprint density at radius 3 is 1.54 bits per heavy atom. The van der Waals surface area contributed by atoms with Crippen molar-refractivity contribution in [3.05, 3.63) is 194 Å². The lowest BCUT2D eigenvalue weighted by molar-refractivity contribution is 1.17. The van der Waals surface area contributed by atoms with Crippen molar-refractivity contribution in [1.82, 2.24) is 19.1 Å². The number of nitrogens with zero attached hydrogens (tertiary/aromatic N) is 4. The van der Waals surface area contributed by atoms with Crippen LogP contribution in [0.3, 0.4) is 0 Å². The van der Waals surface area contributed by atoms with E-state index in [0.29, 0.717) is 0 Å². The van der Waals surface area contributed by atoms with Gasteiger partial charge in [-0.1, -0.05) is 121 Å². The smallest absolute Gasteiger partial charge is 0.0973 e. The second kappa shape index (κ2) is 12.0. The molecule has 0 saturated carbocycles. The van der Waals surface area contributed by atoms with Gasteiger partial charge in [-0.25, -0.2) is 9.97 Å². The number of fused-ring (bicyclic) bond motifs is 9. The molecule has 0 unspecified atom stereocenters. The number of benzene rings is 9. The van der Waals surface area contributed by atoms with E-state index in [9.17, 15) is 0 Å². The molecule has 0 spiro atoms. The summed E-state index contributed by atoms with van der Waals surface area (Å²) in [6.07, 6.45) is 0. The molecule has 0 atom stereocenters. The topological polar surface area (TPSA) is 35.6 Å². The second-order valence-corrected chi connectivity index (χ2v) is 14.6. The number of hydrogen-bond donors (Lipinski definition) is 0. The SMILES string of the molecule is c1ccc(-c2nc3ccccc3nc2-c2ccc3cc(-n4c5ccc(-n6c7ccccc7c7ccccc76)cc5c5cc6ccccc6cc54)ccc3c2)cc1. The van der Waals surface area contributed by atoms with Gasteiger partial charge in [-0.2, -0.15) is 0 Å². The van der Waals surface area contributed by atoms with Gasteiger partial charge in [0.2, 0.25) is 0 Å². The number of aromatic nitrogens is 4. The van der Waals surface area contributed by atoms with E-state index in [0.717, 1.165) is 50.3 Å². The summed E-state index contributed by atoms with van der Waals surface area (Å²) in [5, 5.41) is 9.77. The maximum absolute atomic E-state index is 5.17. The molecule has 0 saturated heterocycles. The van der Waals surface area contributed by atoms with E-state index in [1.54, 1.807) is 0 Å². The van der Waals surface area contributed by atoms with Crippen molar-refractivity contribution in [2.45, 2.75) is 0 Å². The number of para-hydroxylation sites is 4. The fraction of sp³-hybridized carbons (Fsp3) is 0. The van der Waals surface area contributed by atoms with Gasteiger partial charge in [0, 0.05) is 44.0 Å². The Kier molecular flexibility index (Phi) is 6.60. The Morgan fingerprint density at radius 1 is 0.286 bits per heavy atom. The van der Waals surface area contributed by atoms with Crippen LogP contribution >= 0.6 is 0 Å². The molecule has 0 N–H and O–H groups in total. The highest BCUT2D eigenvalue weighted by molar-refractivity contribution is 6.15. The summed E-state index contributed by atoms with van der Waals surface area (Å²) < 4.78 is 4.84. The maximum atomic E-state index is 5.17. The van der Waals surface area contributed by atoms with Crippen molar-refractivity contribution in [1.29, 1.82) is 0 Å². The third kappa shape index (κ3) is 4.66. The summed E-state index contributed by atoms with van der Waals surface area (Å²) in [5.74, 6) is 0. The minimum atomic E-state index is 0.884. The average molecular weight is 713 g/mol. The Hall–Kier alpha value is -7.56. The molecule has 56 heavy (non-hydrogen) atoms. The molecule has 0 aliphatic heterocycles. The molecule has 3 heterocycles. The Bertz CT molecular complexity index is 3480. The summed E-state index contributed by atoms with van der Waals surface area (Å²) in [6, 6.07) is 69.7. The highest BCUT2D eigenvalue weighted by atomic mass is 15.0. The van der Waals surface area contributed by atoms with Gasteiger partial charge in [0.25, 0.3) is 0 Å². The monoisotopic (exact) mass is 712 g/mol. The van der Waals surface area contributed by atoms with Crippen molar-refractivity contribution in [3.63, 3.8) is 0 Å². The molecule has 0 bridgehead atoms. The molecule has 9 aromatic carbocycles. The molecule has 260 valence electrons. The molecular formula is C52H32N4. The standard InChI is InChI=1S/C52H32N4/c1-2-12-33(13-3-1)51-52(54-46-19-9-8-18-45(46)53-51)38-23-22-37-29-39(25-24-36(37)28-38)56-49-27-26-40(32-44(49)43-30-34-14-4-5-15-35(34)31-50(43)56)55-47-20-10-6-16-41(47)42-17-7-11-21-48(42)55/h1-32H. The fourth-order valence-electron chi connectivity index (χ4n) is 8.83. The molecule has 0 amide bonds. The van der Waals surface area contributed by atoms with Crippen molar-refractivity contribution >= 4 is 76.2 Å². The third-order valence-electron chi connectivity index (χ3n) is 11.4. The van der Waals surface area contributed by atoms with Gasteiger partial charge in [-0.15, -0.1) is 0 Å². The van der Waals surface area contributed by atoms with Crippen LogP contribution in [-0.2, 0) is 0 Å². The first kappa shape index (κ1) is 30.9. The quantitative estimate of drug-likeness (QED) is 0.182. The zero-order valence-corrected chi connectivity index (χ0v) is 30.3. The molecule has 0 radical (unpaired) electrons. The van der Waals surface area contributed by atoms with Gasteiger partial charge in [0.1, 0.15) is 0 Å². The Balaban J connectivity index is 1.05. The van der Waals surface area contributed by atoms with E-state index in [1.165, 1.54) is 59.8 Å². The highest BCUT2D eigenvalue weighted by Gasteiger charge is 2.18. The zero-order chi connectivity index (χ0) is 36.7. The molecule has 12 rings (SSSR count). The van der Waals surface area contributed by atoms with Gasteiger partial charge in [-0.05, 0) is 94.3 Å². The van der Waals surface area contributed by atoms with Gasteiger partial charge in [-0.3, -0.25) is 0 Å². The van der Waals surface area contributed by atoms with Crippen molar-refractivity contribution < 1.29 is 0 Å². The van der Waals surface area contributed by atoms with E-state index in [1.807, 2.05) is 30.3 Å². The van der Waals surface area contributed by atoms with Crippen LogP contribution in [0, 0.1) is 0 Å². The van der Waals surface area contributed by atoms with Gasteiger partial charge in [0.05, 0.1) is 44.5 Å². The minimum absolute atomic E-state index is 0.884. The number of hydrogen-bond acceptors (Lipinski definition) is 2. The summed E-state index contributed by atoms with van der Waals surface area (Å²) in [4.78, 5) is 10.3. The lowest BCUT2D eigenvalue weighted by atomic mass is 10.00. The van der Waals surface area contributed by atoms with Crippen LogP contribution in [0.4, 0.5) is 0 Å². The Labute approximate surface area is 322 Å². The average Bonchev–Trinajstić information content (AvgIpc) is 3.77. The van der Waals surface area contributed by atoms with Crippen LogP contribution in [0.5, 0.6) is 0 Å². The molecule has 4 heteroatoms. The van der Waals surface area contributed by atoms with E-state index in [-0.39, 0.29) is 0 Å². The molecule has 0 aliphatic carbocycles. The first-order valence-corrected chi connectivity index (χ1v) is 19.1. The lowest BCUT2D eigenvalue weighted by Gasteiger charge is -2.13. The lowest BCUT2D eigenvalue weighted by Crippen LogP contribution is -1.97. The molecular weight excluding hydrogens is 681 g/mol. The maximum Gasteiger partial charge on any atom is 0.0973 e. The van der Waals surface area contributed by atoms with Gasteiger partial charge in [0.15, 0.2) is 0 Å². The predicted octanol–water partition coefficient (Wildman–Crippen LogP) is 13.5. The third-order valence-corrected chi connectivity index (χ3v) is 11.4.